The van der Waals surface area contributed by atoms with Gasteiger partial charge in [0.15, 0.2) is 5.82 Å². The van der Waals surface area contributed by atoms with Gasteiger partial charge in [0.25, 0.3) is 5.56 Å². The molecule has 5 nitrogen and oxygen atoms in total. The van der Waals surface area contributed by atoms with Gasteiger partial charge in [-0.1, -0.05) is 24.3 Å². The Morgan fingerprint density at radius 3 is 2.75 bits per heavy atom. The first-order valence-corrected chi connectivity index (χ1v) is 6.61. The Kier molecular flexibility index (Phi) is 4.90. The van der Waals surface area contributed by atoms with Crippen molar-refractivity contribution in [1.29, 1.82) is 0 Å². The Balaban J connectivity index is 2.15. The second-order valence-electron chi connectivity index (χ2n) is 4.42. The topological polar surface area (TPSA) is 56.1 Å². The number of aryl methyl sites for hydroxylation is 1. The summed E-state index contributed by atoms with van der Waals surface area (Å²) < 4.78 is 6.79. The van der Waals surface area contributed by atoms with Crippen LogP contribution in [-0.2, 0) is 24.4 Å². The van der Waals surface area contributed by atoms with Crippen LogP contribution in [0.25, 0.3) is 0 Å². The van der Waals surface area contributed by atoms with Gasteiger partial charge in [-0.15, -0.1) is 0 Å². The van der Waals surface area contributed by atoms with Crippen molar-refractivity contribution in [2.75, 3.05) is 12.4 Å². The lowest BCUT2D eigenvalue weighted by Gasteiger charge is -2.11. The number of ether oxygens (including phenoxy) is 1. The van der Waals surface area contributed by atoms with Crippen molar-refractivity contribution in [2.24, 2.45) is 0 Å². The molecule has 20 heavy (non-hydrogen) atoms. The Bertz CT molecular complexity index is 623. The summed E-state index contributed by atoms with van der Waals surface area (Å²) in [4.78, 5) is 16.1. The second-order valence-corrected chi connectivity index (χ2v) is 4.42. The third kappa shape index (κ3) is 3.24. The van der Waals surface area contributed by atoms with Crippen LogP contribution >= 0.6 is 0 Å². The number of rotatable bonds is 6. The van der Waals surface area contributed by atoms with Crippen LogP contribution in [0.3, 0.4) is 0 Å². The quantitative estimate of drug-likeness (QED) is 0.875. The number of nitrogens with one attached hydrogen (secondary N) is 1. The molecule has 1 N–H and O–H groups in total. The Hall–Kier alpha value is -2.14. The molecular formula is C15H19N3O2. The molecule has 0 amide bonds. The van der Waals surface area contributed by atoms with E-state index in [1.54, 1.807) is 24.1 Å². The maximum absolute atomic E-state index is 12.0. The number of hydrogen-bond acceptors (Lipinski definition) is 4. The van der Waals surface area contributed by atoms with E-state index in [4.69, 9.17) is 4.74 Å². The summed E-state index contributed by atoms with van der Waals surface area (Å²) in [5.74, 6) is 0.376. The lowest BCUT2D eigenvalue weighted by atomic mass is 10.1. The Labute approximate surface area is 118 Å². The summed E-state index contributed by atoms with van der Waals surface area (Å²) in [6, 6.07) is 7.98. The maximum Gasteiger partial charge on any atom is 0.293 e. The fourth-order valence-electron chi connectivity index (χ4n) is 2.02. The van der Waals surface area contributed by atoms with Gasteiger partial charge in [-0.2, -0.15) is 0 Å². The third-order valence-corrected chi connectivity index (χ3v) is 3.12. The number of anilines is 1. The predicted octanol–water partition coefficient (Wildman–Crippen LogP) is 2.02. The minimum atomic E-state index is -0.0979. The van der Waals surface area contributed by atoms with Crippen LogP contribution in [0.5, 0.6) is 0 Å². The monoisotopic (exact) mass is 273 g/mol. The van der Waals surface area contributed by atoms with Crippen molar-refractivity contribution < 1.29 is 4.74 Å². The molecule has 0 atom stereocenters. The summed E-state index contributed by atoms with van der Waals surface area (Å²) in [7, 11) is 1.67. The predicted molar refractivity (Wildman–Crippen MR) is 78.7 cm³/mol. The van der Waals surface area contributed by atoms with Crippen LogP contribution in [0.15, 0.2) is 41.5 Å². The number of aromatic nitrogens is 2. The van der Waals surface area contributed by atoms with Crippen LogP contribution in [-0.4, -0.2) is 16.7 Å². The van der Waals surface area contributed by atoms with Crippen LogP contribution in [0.4, 0.5) is 5.82 Å². The minimum absolute atomic E-state index is 0.0979. The molecule has 5 heteroatoms. The van der Waals surface area contributed by atoms with E-state index in [1.165, 1.54) is 0 Å². The fraction of sp³-hybridized carbons (Fsp3) is 0.333. The van der Waals surface area contributed by atoms with E-state index in [0.717, 1.165) is 11.1 Å². The summed E-state index contributed by atoms with van der Waals surface area (Å²) >= 11 is 0. The Morgan fingerprint density at radius 1 is 1.30 bits per heavy atom. The molecule has 0 saturated heterocycles. The number of nitrogens with zero attached hydrogens (tertiary/aromatic N) is 2. The van der Waals surface area contributed by atoms with Gasteiger partial charge in [-0.25, -0.2) is 4.98 Å². The van der Waals surface area contributed by atoms with Gasteiger partial charge in [0.1, 0.15) is 0 Å². The highest BCUT2D eigenvalue weighted by Crippen LogP contribution is 2.11. The van der Waals surface area contributed by atoms with Crippen molar-refractivity contribution in [1.82, 2.24) is 9.55 Å². The molecule has 2 rings (SSSR count). The molecule has 2 aromatic rings. The summed E-state index contributed by atoms with van der Waals surface area (Å²) in [6.07, 6.45) is 3.32. The van der Waals surface area contributed by atoms with Crippen LogP contribution in [0.1, 0.15) is 18.1 Å². The molecule has 1 aromatic heterocycles. The van der Waals surface area contributed by atoms with E-state index in [0.29, 0.717) is 25.5 Å². The zero-order valence-electron chi connectivity index (χ0n) is 11.8. The molecule has 0 fully saturated rings. The molecular weight excluding hydrogens is 254 g/mol. The van der Waals surface area contributed by atoms with E-state index in [-0.39, 0.29) is 5.56 Å². The highest BCUT2D eigenvalue weighted by molar-refractivity contribution is 5.35. The molecule has 1 heterocycles. The molecule has 0 radical (unpaired) electrons. The first kappa shape index (κ1) is 14.3. The highest BCUT2D eigenvalue weighted by atomic mass is 16.5. The normalized spacial score (nSPS) is 10.5. The van der Waals surface area contributed by atoms with Crippen molar-refractivity contribution in [3.05, 3.63) is 58.1 Å². The van der Waals surface area contributed by atoms with Gasteiger partial charge in [0, 0.05) is 32.6 Å². The smallest absolute Gasteiger partial charge is 0.293 e. The molecule has 0 aliphatic rings. The highest BCUT2D eigenvalue weighted by Gasteiger charge is 2.05. The number of benzene rings is 1. The summed E-state index contributed by atoms with van der Waals surface area (Å²) in [5.41, 5.74) is 2.11. The fourth-order valence-corrected chi connectivity index (χ4v) is 2.02. The number of hydrogen-bond donors (Lipinski definition) is 1. The molecule has 1 aromatic carbocycles. The van der Waals surface area contributed by atoms with Crippen LogP contribution in [0.2, 0.25) is 0 Å². The second kappa shape index (κ2) is 6.86. The van der Waals surface area contributed by atoms with Crippen LogP contribution < -0.4 is 10.9 Å². The van der Waals surface area contributed by atoms with Gasteiger partial charge in [0.2, 0.25) is 0 Å². The lowest BCUT2D eigenvalue weighted by Crippen LogP contribution is -2.23. The van der Waals surface area contributed by atoms with Gasteiger partial charge in [-0.3, -0.25) is 4.79 Å². The molecule has 0 spiro atoms. The van der Waals surface area contributed by atoms with E-state index in [2.05, 4.69) is 10.3 Å². The van der Waals surface area contributed by atoms with Crippen molar-refractivity contribution >= 4 is 5.82 Å². The zero-order chi connectivity index (χ0) is 14.4. The molecule has 0 aliphatic heterocycles. The molecule has 106 valence electrons. The summed E-state index contributed by atoms with van der Waals surface area (Å²) in [6.45, 7) is 3.67. The van der Waals surface area contributed by atoms with Gasteiger partial charge < -0.3 is 14.6 Å². The zero-order valence-corrected chi connectivity index (χ0v) is 11.8. The van der Waals surface area contributed by atoms with E-state index in [1.807, 2.05) is 31.2 Å². The Morgan fingerprint density at radius 2 is 2.05 bits per heavy atom. The van der Waals surface area contributed by atoms with Gasteiger partial charge in [0.05, 0.1) is 6.61 Å². The van der Waals surface area contributed by atoms with Crippen molar-refractivity contribution in [2.45, 2.75) is 26.6 Å². The first-order valence-electron chi connectivity index (χ1n) is 6.61. The average molecular weight is 273 g/mol. The van der Waals surface area contributed by atoms with Gasteiger partial charge in [-0.05, 0) is 18.1 Å². The van der Waals surface area contributed by atoms with E-state index < -0.39 is 0 Å². The van der Waals surface area contributed by atoms with E-state index >= 15 is 0 Å². The number of methoxy groups -OCH3 is 1. The lowest BCUT2D eigenvalue weighted by molar-refractivity contribution is 0.184. The minimum Gasteiger partial charge on any atom is -0.380 e. The van der Waals surface area contributed by atoms with Crippen molar-refractivity contribution in [3.63, 3.8) is 0 Å². The van der Waals surface area contributed by atoms with Gasteiger partial charge >= 0.3 is 0 Å². The standard InChI is InChI=1S/C15H19N3O2/c1-3-18-9-8-16-14(15(18)19)17-10-12-6-4-5-7-13(12)11-20-2/h4-9H,3,10-11H2,1-2H3,(H,16,17). The molecule has 0 saturated carbocycles. The average Bonchev–Trinajstić information content (AvgIpc) is 2.48. The van der Waals surface area contributed by atoms with E-state index in [9.17, 15) is 4.79 Å². The first-order chi connectivity index (χ1) is 9.76. The molecule has 0 unspecified atom stereocenters. The molecule has 0 bridgehead atoms. The summed E-state index contributed by atoms with van der Waals surface area (Å²) in [5, 5.41) is 3.10. The molecule has 0 aliphatic carbocycles. The third-order valence-electron chi connectivity index (χ3n) is 3.12. The largest absolute Gasteiger partial charge is 0.380 e. The van der Waals surface area contributed by atoms with Crippen LogP contribution in [0, 0.1) is 0 Å². The van der Waals surface area contributed by atoms with Crippen molar-refractivity contribution in [3.8, 4) is 0 Å². The maximum atomic E-state index is 12.0. The SMILES string of the molecule is CCn1ccnc(NCc2ccccc2COC)c1=O.